The Morgan fingerprint density at radius 3 is 2.40 bits per heavy atom. The molecule has 0 aliphatic heterocycles. The molecule has 0 aliphatic rings. The molecule has 0 aliphatic carbocycles. The van der Waals surface area contributed by atoms with Gasteiger partial charge in [0.2, 0.25) is 0 Å². The van der Waals surface area contributed by atoms with Crippen molar-refractivity contribution in [1.29, 1.82) is 0 Å². The summed E-state index contributed by atoms with van der Waals surface area (Å²) in [6, 6.07) is 2.30. The lowest BCUT2D eigenvalue weighted by atomic mass is 9.92. The second-order valence-corrected chi connectivity index (χ2v) is 6.78. The Hall–Kier alpha value is -0.340. The average Bonchev–Trinajstić information content (AvgIpc) is 2.39. The minimum Gasteiger partial charge on any atom is -0.312 e. The highest BCUT2D eigenvalue weighted by Crippen LogP contribution is 2.21. The van der Waals surface area contributed by atoms with E-state index in [2.05, 4.69) is 46.0 Å². The van der Waals surface area contributed by atoms with Crippen LogP contribution in [0.3, 0.4) is 0 Å². The summed E-state index contributed by atoms with van der Waals surface area (Å²) < 4.78 is 0. The van der Waals surface area contributed by atoms with E-state index in [0.717, 1.165) is 13.1 Å². The Bertz CT molecular complexity index is 287. The molecule has 0 spiro atoms. The van der Waals surface area contributed by atoms with Gasteiger partial charge in [-0.2, -0.15) is 0 Å². The van der Waals surface area contributed by atoms with Gasteiger partial charge in [-0.05, 0) is 43.9 Å². The van der Waals surface area contributed by atoms with E-state index in [-0.39, 0.29) is 0 Å². The standard InChI is InChI=1S/C13H23NS/c1-10-8-12(15-11(10)2)9-14-7-6-13(3,4)5/h8,14H,6-7,9H2,1-5H3. The number of thiophene rings is 1. The lowest BCUT2D eigenvalue weighted by Crippen LogP contribution is -2.19. The molecule has 0 bridgehead atoms. The largest absolute Gasteiger partial charge is 0.312 e. The van der Waals surface area contributed by atoms with Crippen molar-refractivity contribution >= 4 is 11.3 Å². The van der Waals surface area contributed by atoms with Crippen LogP contribution in [-0.4, -0.2) is 6.54 Å². The van der Waals surface area contributed by atoms with Crippen molar-refractivity contribution < 1.29 is 0 Å². The van der Waals surface area contributed by atoms with Gasteiger partial charge in [-0.1, -0.05) is 20.8 Å². The van der Waals surface area contributed by atoms with Gasteiger partial charge < -0.3 is 5.32 Å². The van der Waals surface area contributed by atoms with E-state index < -0.39 is 0 Å². The molecule has 15 heavy (non-hydrogen) atoms. The van der Waals surface area contributed by atoms with Gasteiger partial charge >= 0.3 is 0 Å². The molecule has 0 aromatic carbocycles. The van der Waals surface area contributed by atoms with E-state index in [0.29, 0.717) is 5.41 Å². The minimum absolute atomic E-state index is 0.439. The van der Waals surface area contributed by atoms with Crippen LogP contribution in [0.15, 0.2) is 6.07 Å². The predicted octanol–water partition coefficient (Wildman–Crippen LogP) is 3.89. The highest BCUT2D eigenvalue weighted by atomic mass is 32.1. The van der Waals surface area contributed by atoms with Gasteiger partial charge in [-0.3, -0.25) is 0 Å². The average molecular weight is 225 g/mol. The zero-order chi connectivity index (χ0) is 11.5. The molecule has 1 aromatic rings. The molecule has 86 valence electrons. The first kappa shape index (κ1) is 12.7. The van der Waals surface area contributed by atoms with Crippen molar-refractivity contribution in [3.63, 3.8) is 0 Å². The van der Waals surface area contributed by atoms with E-state index in [1.165, 1.54) is 21.7 Å². The first-order valence-corrected chi connectivity index (χ1v) is 6.47. The van der Waals surface area contributed by atoms with Gasteiger partial charge in [-0.15, -0.1) is 11.3 Å². The van der Waals surface area contributed by atoms with Gasteiger partial charge in [0.15, 0.2) is 0 Å². The highest BCUT2D eigenvalue weighted by molar-refractivity contribution is 7.12. The predicted molar refractivity (Wildman–Crippen MR) is 69.6 cm³/mol. The number of rotatable bonds is 4. The molecule has 0 amide bonds. The molecule has 1 heterocycles. The van der Waals surface area contributed by atoms with Crippen LogP contribution in [0.2, 0.25) is 0 Å². The van der Waals surface area contributed by atoms with Gasteiger partial charge in [0.1, 0.15) is 0 Å². The summed E-state index contributed by atoms with van der Waals surface area (Å²) >= 11 is 1.91. The summed E-state index contributed by atoms with van der Waals surface area (Å²) in [5.74, 6) is 0. The Morgan fingerprint density at radius 1 is 1.27 bits per heavy atom. The van der Waals surface area contributed by atoms with Crippen LogP contribution in [0.4, 0.5) is 0 Å². The molecule has 0 saturated heterocycles. The number of hydrogen-bond donors (Lipinski definition) is 1. The van der Waals surface area contributed by atoms with Crippen molar-refractivity contribution in [3.05, 3.63) is 21.4 Å². The molecular weight excluding hydrogens is 202 g/mol. The monoisotopic (exact) mass is 225 g/mol. The third-order valence-corrected chi connectivity index (χ3v) is 3.72. The Balaban J connectivity index is 2.26. The van der Waals surface area contributed by atoms with Gasteiger partial charge in [0, 0.05) is 16.3 Å². The molecule has 1 N–H and O–H groups in total. The highest BCUT2D eigenvalue weighted by Gasteiger charge is 2.09. The molecule has 1 nitrogen and oxygen atoms in total. The first-order valence-electron chi connectivity index (χ1n) is 5.65. The fraction of sp³-hybridized carbons (Fsp3) is 0.692. The summed E-state index contributed by atoms with van der Waals surface area (Å²) in [7, 11) is 0. The Labute approximate surface area is 97.9 Å². The molecule has 0 unspecified atom stereocenters. The molecule has 0 atom stereocenters. The molecule has 1 aromatic heterocycles. The van der Waals surface area contributed by atoms with E-state index in [1.807, 2.05) is 11.3 Å². The lowest BCUT2D eigenvalue weighted by molar-refractivity contribution is 0.367. The molecule has 0 saturated carbocycles. The van der Waals surface area contributed by atoms with Crippen LogP contribution >= 0.6 is 11.3 Å². The lowest BCUT2D eigenvalue weighted by Gasteiger charge is -2.17. The van der Waals surface area contributed by atoms with Crippen LogP contribution in [0.25, 0.3) is 0 Å². The molecule has 2 heteroatoms. The topological polar surface area (TPSA) is 12.0 Å². The molecular formula is C13H23NS. The van der Waals surface area contributed by atoms with Crippen LogP contribution in [0.5, 0.6) is 0 Å². The maximum Gasteiger partial charge on any atom is 0.0299 e. The minimum atomic E-state index is 0.439. The van der Waals surface area contributed by atoms with Crippen molar-refractivity contribution in [2.24, 2.45) is 5.41 Å². The van der Waals surface area contributed by atoms with Crippen molar-refractivity contribution in [1.82, 2.24) is 5.32 Å². The molecule has 1 rings (SSSR count). The Morgan fingerprint density at radius 2 is 1.93 bits per heavy atom. The molecule has 0 fully saturated rings. The van der Waals surface area contributed by atoms with Gasteiger partial charge in [0.05, 0.1) is 0 Å². The van der Waals surface area contributed by atoms with Gasteiger partial charge in [0.25, 0.3) is 0 Å². The van der Waals surface area contributed by atoms with Crippen molar-refractivity contribution in [2.75, 3.05) is 6.54 Å². The van der Waals surface area contributed by atoms with E-state index >= 15 is 0 Å². The summed E-state index contributed by atoms with van der Waals surface area (Å²) in [6.07, 6.45) is 1.23. The maximum absolute atomic E-state index is 3.51. The second-order valence-electron chi connectivity index (χ2n) is 5.44. The summed E-state index contributed by atoms with van der Waals surface area (Å²) in [5, 5.41) is 3.51. The third-order valence-electron chi connectivity index (χ3n) is 2.57. The SMILES string of the molecule is Cc1cc(CNCCC(C)(C)C)sc1C. The van der Waals surface area contributed by atoms with Crippen LogP contribution in [0.1, 0.15) is 42.5 Å². The third kappa shape index (κ3) is 4.80. The fourth-order valence-electron chi connectivity index (χ4n) is 1.41. The normalized spacial score (nSPS) is 12.1. The van der Waals surface area contributed by atoms with Crippen molar-refractivity contribution in [3.8, 4) is 0 Å². The smallest absolute Gasteiger partial charge is 0.0299 e. The molecule has 0 radical (unpaired) electrons. The number of nitrogens with one attached hydrogen (secondary N) is 1. The van der Waals surface area contributed by atoms with Crippen LogP contribution in [0, 0.1) is 19.3 Å². The number of aryl methyl sites for hydroxylation is 2. The zero-order valence-corrected chi connectivity index (χ0v) is 11.4. The zero-order valence-electron chi connectivity index (χ0n) is 10.6. The number of hydrogen-bond acceptors (Lipinski definition) is 2. The maximum atomic E-state index is 3.51. The second kappa shape index (κ2) is 5.13. The van der Waals surface area contributed by atoms with E-state index in [9.17, 15) is 0 Å². The van der Waals surface area contributed by atoms with E-state index in [1.54, 1.807) is 0 Å². The summed E-state index contributed by atoms with van der Waals surface area (Å²) in [4.78, 5) is 2.90. The quantitative estimate of drug-likeness (QED) is 0.767. The Kier molecular flexibility index (Phi) is 4.35. The van der Waals surface area contributed by atoms with E-state index in [4.69, 9.17) is 0 Å². The fourth-order valence-corrected chi connectivity index (χ4v) is 2.43. The first-order chi connectivity index (χ1) is 6.88. The summed E-state index contributed by atoms with van der Waals surface area (Å²) in [6.45, 7) is 13.4. The van der Waals surface area contributed by atoms with Gasteiger partial charge in [-0.25, -0.2) is 0 Å². The van der Waals surface area contributed by atoms with Crippen LogP contribution < -0.4 is 5.32 Å². The van der Waals surface area contributed by atoms with Crippen LogP contribution in [-0.2, 0) is 6.54 Å². The summed E-state index contributed by atoms with van der Waals surface area (Å²) in [5.41, 5.74) is 1.86. The van der Waals surface area contributed by atoms with Crippen molar-refractivity contribution in [2.45, 2.75) is 47.6 Å².